The Morgan fingerprint density at radius 1 is 1.33 bits per heavy atom. The number of halogens is 1. The molecular formula is C19H20ClN3O4. The first-order valence-electron chi connectivity index (χ1n) is 8.58. The predicted octanol–water partition coefficient (Wildman–Crippen LogP) is 3.46. The molecule has 1 amide bonds. The zero-order valence-corrected chi connectivity index (χ0v) is 15.5. The van der Waals surface area contributed by atoms with E-state index in [0.717, 1.165) is 12.8 Å². The highest BCUT2D eigenvalue weighted by molar-refractivity contribution is 6.30. The molecule has 1 aliphatic rings. The molecule has 0 radical (unpaired) electrons. The van der Waals surface area contributed by atoms with Gasteiger partial charge in [-0.3, -0.25) is 14.9 Å². The Balaban J connectivity index is 1.77. The lowest BCUT2D eigenvalue weighted by Crippen LogP contribution is -2.31. The second-order valence-electron chi connectivity index (χ2n) is 6.87. The molecule has 1 saturated carbocycles. The average molecular weight is 390 g/mol. The van der Waals surface area contributed by atoms with Crippen molar-refractivity contribution in [3.8, 4) is 0 Å². The van der Waals surface area contributed by atoms with Crippen molar-refractivity contribution < 1.29 is 14.8 Å². The molecule has 2 aromatic carbocycles. The number of aliphatic hydroxyl groups is 1. The first-order valence-corrected chi connectivity index (χ1v) is 8.96. The summed E-state index contributed by atoms with van der Waals surface area (Å²) in [6.07, 6.45) is 1.87. The smallest absolute Gasteiger partial charge is 0.293 e. The Bertz CT molecular complexity index is 881. The number of carbonyl (C=O) groups excluding carboxylic acids is 1. The number of carbonyl (C=O) groups is 1. The van der Waals surface area contributed by atoms with Crippen LogP contribution >= 0.6 is 11.6 Å². The minimum absolute atomic E-state index is 0.0296. The SMILES string of the molecule is CC(O)(CNc1ccc(C(=O)NC2CC2)cc1[N+](=O)[O-])c1cccc(Cl)c1. The monoisotopic (exact) mass is 389 g/mol. The molecule has 0 bridgehead atoms. The maximum Gasteiger partial charge on any atom is 0.293 e. The van der Waals surface area contributed by atoms with Crippen LogP contribution in [0, 0.1) is 10.1 Å². The average Bonchev–Trinajstić information content (AvgIpc) is 3.43. The second-order valence-corrected chi connectivity index (χ2v) is 7.31. The highest BCUT2D eigenvalue weighted by Gasteiger charge is 2.27. The molecule has 0 aliphatic heterocycles. The fourth-order valence-corrected chi connectivity index (χ4v) is 2.85. The fraction of sp³-hybridized carbons (Fsp3) is 0.316. The molecule has 142 valence electrons. The third kappa shape index (κ3) is 4.75. The third-order valence-corrected chi connectivity index (χ3v) is 4.67. The minimum Gasteiger partial charge on any atom is -0.384 e. The van der Waals surface area contributed by atoms with Gasteiger partial charge in [0.2, 0.25) is 0 Å². The van der Waals surface area contributed by atoms with Gasteiger partial charge in [0.15, 0.2) is 0 Å². The molecule has 1 aliphatic carbocycles. The van der Waals surface area contributed by atoms with Gasteiger partial charge in [0.05, 0.1) is 4.92 Å². The summed E-state index contributed by atoms with van der Waals surface area (Å²) in [7, 11) is 0. The number of nitrogens with one attached hydrogen (secondary N) is 2. The normalized spacial score (nSPS) is 15.7. The van der Waals surface area contributed by atoms with Crippen LogP contribution in [-0.2, 0) is 5.60 Å². The molecule has 1 atom stereocenters. The zero-order chi connectivity index (χ0) is 19.6. The van der Waals surface area contributed by atoms with Crippen molar-refractivity contribution in [2.45, 2.75) is 31.4 Å². The van der Waals surface area contributed by atoms with Crippen LogP contribution in [0.4, 0.5) is 11.4 Å². The van der Waals surface area contributed by atoms with E-state index in [4.69, 9.17) is 11.6 Å². The van der Waals surface area contributed by atoms with Gasteiger partial charge < -0.3 is 15.7 Å². The van der Waals surface area contributed by atoms with E-state index in [-0.39, 0.29) is 35.4 Å². The summed E-state index contributed by atoms with van der Waals surface area (Å²) in [5, 5.41) is 28.3. The van der Waals surface area contributed by atoms with Crippen molar-refractivity contribution in [3.63, 3.8) is 0 Å². The minimum atomic E-state index is -1.29. The number of hydrogen-bond acceptors (Lipinski definition) is 5. The summed E-state index contributed by atoms with van der Waals surface area (Å²) in [5.41, 5.74) is -0.460. The second kappa shape index (κ2) is 7.54. The van der Waals surface area contributed by atoms with Crippen molar-refractivity contribution in [2.24, 2.45) is 0 Å². The van der Waals surface area contributed by atoms with Gasteiger partial charge >= 0.3 is 0 Å². The van der Waals surface area contributed by atoms with E-state index in [0.29, 0.717) is 10.6 Å². The molecule has 8 heteroatoms. The number of benzene rings is 2. The molecule has 3 rings (SSSR count). The van der Waals surface area contributed by atoms with Gasteiger partial charge in [-0.05, 0) is 49.6 Å². The van der Waals surface area contributed by atoms with Gasteiger partial charge in [0.25, 0.3) is 11.6 Å². The largest absolute Gasteiger partial charge is 0.384 e. The van der Waals surface area contributed by atoms with E-state index in [1.807, 2.05) is 0 Å². The van der Waals surface area contributed by atoms with Crippen LogP contribution in [0.1, 0.15) is 35.7 Å². The van der Waals surface area contributed by atoms with Crippen molar-refractivity contribution in [2.75, 3.05) is 11.9 Å². The predicted molar refractivity (Wildman–Crippen MR) is 103 cm³/mol. The summed E-state index contributed by atoms with van der Waals surface area (Å²) in [6, 6.07) is 11.2. The summed E-state index contributed by atoms with van der Waals surface area (Å²) in [5.74, 6) is -0.321. The van der Waals surface area contributed by atoms with Crippen molar-refractivity contribution >= 4 is 28.9 Å². The van der Waals surface area contributed by atoms with Gasteiger partial charge in [0.1, 0.15) is 11.3 Å². The van der Waals surface area contributed by atoms with Crippen molar-refractivity contribution in [3.05, 3.63) is 68.7 Å². The lowest BCUT2D eigenvalue weighted by Gasteiger charge is -2.25. The Morgan fingerprint density at radius 3 is 2.70 bits per heavy atom. The summed E-state index contributed by atoms with van der Waals surface area (Å²) >= 11 is 5.96. The maximum absolute atomic E-state index is 12.1. The Morgan fingerprint density at radius 2 is 2.07 bits per heavy atom. The van der Waals surface area contributed by atoms with Gasteiger partial charge in [-0.1, -0.05) is 23.7 Å². The first kappa shape index (κ1) is 19.1. The van der Waals surface area contributed by atoms with Crippen LogP contribution in [-0.4, -0.2) is 28.5 Å². The van der Waals surface area contributed by atoms with E-state index in [1.165, 1.54) is 18.2 Å². The first-order chi connectivity index (χ1) is 12.8. The number of anilines is 1. The van der Waals surface area contributed by atoms with Gasteiger partial charge in [-0.15, -0.1) is 0 Å². The van der Waals surface area contributed by atoms with Gasteiger partial charge in [0, 0.05) is 29.2 Å². The molecule has 1 fully saturated rings. The van der Waals surface area contributed by atoms with Crippen LogP contribution in [0.3, 0.4) is 0 Å². The molecular weight excluding hydrogens is 370 g/mol. The highest BCUT2D eigenvalue weighted by atomic mass is 35.5. The number of nitro groups is 1. The molecule has 3 N–H and O–H groups in total. The Labute approximate surface area is 161 Å². The van der Waals surface area contributed by atoms with E-state index in [2.05, 4.69) is 10.6 Å². The maximum atomic E-state index is 12.1. The molecule has 0 saturated heterocycles. The molecule has 27 heavy (non-hydrogen) atoms. The van der Waals surface area contributed by atoms with Crippen LogP contribution in [0.5, 0.6) is 0 Å². The molecule has 2 aromatic rings. The number of nitrogens with zero attached hydrogens (tertiary/aromatic N) is 1. The standard InChI is InChI=1S/C19H20ClN3O4/c1-19(25,13-3-2-4-14(20)10-13)11-21-16-8-5-12(9-17(16)23(26)27)18(24)22-15-6-7-15/h2-5,8-10,15,21,25H,6-7,11H2,1H3,(H,22,24). The Hall–Kier alpha value is -2.64. The van der Waals surface area contributed by atoms with E-state index in [9.17, 15) is 20.0 Å². The van der Waals surface area contributed by atoms with Crippen molar-refractivity contribution in [1.82, 2.24) is 5.32 Å². The van der Waals surface area contributed by atoms with Crippen LogP contribution < -0.4 is 10.6 Å². The van der Waals surface area contributed by atoms with Crippen LogP contribution in [0.15, 0.2) is 42.5 Å². The number of amides is 1. The summed E-state index contributed by atoms with van der Waals surface area (Å²) in [4.78, 5) is 23.0. The summed E-state index contributed by atoms with van der Waals surface area (Å²) in [6.45, 7) is 1.62. The van der Waals surface area contributed by atoms with Gasteiger partial charge in [-0.2, -0.15) is 0 Å². The fourth-order valence-electron chi connectivity index (χ4n) is 2.66. The van der Waals surface area contributed by atoms with Gasteiger partial charge in [-0.25, -0.2) is 0 Å². The lowest BCUT2D eigenvalue weighted by atomic mass is 9.96. The topological polar surface area (TPSA) is 104 Å². The summed E-state index contributed by atoms with van der Waals surface area (Å²) < 4.78 is 0. The molecule has 7 nitrogen and oxygen atoms in total. The number of hydrogen-bond donors (Lipinski definition) is 3. The number of rotatable bonds is 7. The van der Waals surface area contributed by atoms with Crippen molar-refractivity contribution in [1.29, 1.82) is 0 Å². The third-order valence-electron chi connectivity index (χ3n) is 4.44. The molecule has 0 heterocycles. The van der Waals surface area contributed by atoms with E-state index >= 15 is 0 Å². The highest BCUT2D eigenvalue weighted by Crippen LogP contribution is 2.29. The Kier molecular flexibility index (Phi) is 5.34. The van der Waals surface area contributed by atoms with Crippen LogP contribution in [0.25, 0.3) is 0 Å². The molecule has 0 spiro atoms. The van der Waals surface area contributed by atoms with Crippen LogP contribution in [0.2, 0.25) is 5.02 Å². The zero-order valence-electron chi connectivity index (χ0n) is 14.7. The number of nitro benzene ring substituents is 1. The van der Waals surface area contributed by atoms with E-state index < -0.39 is 10.5 Å². The molecule has 0 aromatic heterocycles. The lowest BCUT2D eigenvalue weighted by molar-refractivity contribution is -0.384. The quantitative estimate of drug-likeness (QED) is 0.497. The van der Waals surface area contributed by atoms with E-state index in [1.54, 1.807) is 31.2 Å². The molecule has 1 unspecified atom stereocenters.